The minimum absolute atomic E-state index is 0.0968. The van der Waals surface area contributed by atoms with E-state index in [4.69, 9.17) is 9.47 Å². The van der Waals surface area contributed by atoms with E-state index in [1.165, 1.54) is 0 Å². The number of amides is 2. The van der Waals surface area contributed by atoms with E-state index in [9.17, 15) is 9.59 Å². The van der Waals surface area contributed by atoms with Crippen LogP contribution in [0, 0.1) is 5.92 Å². The minimum Gasteiger partial charge on any atom is -0.492 e. The fourth-order valence-electron chi connectivity index (χ4n) is 2.77. The van der Waals surface area contributed by atoms with Crippen LogP contribution in [0.5, 0.6) is 5.75 Å². The van der Waals surface area contributed by atoms with E-state index in [1.54, 1.807) is 4.90 Å². The van der Waals surface area contributed by atoms with Crippen LogP contribution in [0.2, 0.25) is 0 Å². The van der Waals surface area contributed by atoms with Gasteiger partial charge >= 0.3 is 6.09 Å². The van der Waals surface area contributed by atoms with Crippen molar-refractivity contribution in [2.45, 2.75) is 46.1 Å². The topological polar surface area (TPSA) is 67.9 Å². The molecule has 0 saturated carbocycles. The Morgan fingerprint density at radius 1 is 1.28 bits per heavy atom. The number of hydrogen-bond acceptors (Lipinski definition) is 4. The fraction of sp³-hybridized carbons (Fsp3) is 0.579. The molecule has 0 radical (unpaired) electrons. The Bertz CT molecular complexity index is 610. The van der Waals surface area contributed by atoms with Crippen molar-refractivity contribution in [2.24, 2.45) is 5.92 Å². The summed E-state index contributed by atoms with van der Waals surface area (Å²) in [4.78, 5) is 26.5. The second kappa shape index (κ2) is 8.23. The van der Waals surface area contributed by atoms with Crippen molar-refractivity contribution in [1.29, 1.82) is 0 Å². The van der Waals surface area contributed by atoms with Crippen molar-refractivity contribution in [1.82, 2.24) is 4.90 Å². The highest BCUT2D eigenvalue weighted by Crippen LogP contribution is 2.26. The van der Waals surface area contributed by atoms with Crippen LogP contribution in [-0.2, 0) is 9.53 Å². The van der Waals surface area contributed by atoms with Crippen molar-refractivity contribution in [2.75, 3.05) is 25.0 Å². The molecule has 1 heterocycles. The Morgan fingerprint density at radius 3 is 2.68 bits per heavy atom. The lowest BCUT2D eigenvalue weighted by molar-refractivity contribution is -0.121. The average molecular weight is 348 g/mol. The summed E-state index contributed by atoms with van der Waals surface area (Å²) < 4.78 is 11.0. The van der Waals surface area contributed by atoms with E-state index in [1.807, 2.05) is 52.0 Å². The first-order valence-corrected chi connectivity index (χ1v) is 8.80. The van der Waals surface area contributed by atoms with Crippen LogP contribution in [0.4, 0.5) is 10.5 Å². The lowest BCUT2D eigenvalue weighted by Crippen LogP contribution is -2.45. The SMILES string of the molecule is CCOc1ccccc1NC(=O)[C@@H]1CCCN(C(=O)OC(C)(C)C)C1. The van der Waals surface area contributed by atoms with Gasteiger partial charge in [0.15, 0.2) is 0 Å². The Balaban J connectivity index is 1.99. The minimum atomic E-state index is -0.539. The molecule has 1 aliphatic heterocycles. The van der Waals surface area contributed by atoms with Crippen LogP contribution in [-0.4, -0.2) is 42.2 Å². The Hall–Kier alpha value is -2.24. The average Bonchev–Trinajstić information content (AvgIpc) is 2.55. The fourth-order valence-corrected chi connectivity index (χ4v) is 2.77. The number of carbonyl (C=O) groups excluding carboxylic acids is 2. The molecule has 2 amide bonds. The molecule has 6 heteroatoms. The maximum atomic E-state index is 12.6. The zero-order valence-electron chi connectivity index (χ0n) is 15.5. The first-order valence-electron chi connectivity index (χ1n) is 8.80. The van der Waals surface area contributed by atoms with Crippen LogP contribution in [0.3, 0.4) is 0 Å². The van der Waals surface area contributed by atoms with E-state index >= 15 is 0 Å². The number of hydrogen-bond donors (Lipinski definition) is 1. The smallest absolute Gasteiger partial charge is 0.410 e. The molecule has 1 aliphatic rings. The van der Waals surface area contributed by atoms with Gasteiger partial charge in [-0.25, -0.2) is 4.79 Å². The summed E-state index contributed by atoms with van der Waals surface area (Å²) >= 11 is 0. The van der Waals surface area contributed by atoms with E-state index < -0.39 is 5.60 Å². The number of nitrogens with zero attached hydrogens (tertiary/aromatic N) is 1. The molecule has 0 aliphatic carbocycles. The predicted octanol–water partition coefficient (Wildman–Crippen LogP) is 3.67. The number of carbonyl (C=O) groups is 2. The van der Waals surface area contributed by atoms with E-state index in [0.717, 1.165) is 12.8 Å². The van der Waals surface area contributed by atoms with Gasteiger partial charge in [0, 0.05) is 13.1 Å². The number of benzene rings is 1. The first kappa shape index (κ1) is 19.1. The second-order valence-electron chi connectivity index (χ2n) is 7.18. The molecule has 1 N–H and O–H groups in total. The molecule has 1 fully saturated rings. The van der Waals surface area contributed by atoms with Crippen molar-refractivity contribution in [3.05, 3.63) is 24.3 Å². The van der Waals surface area contributed by atoms with Gasteiger partial charge in [-0.15, -0.1) is 0 Å². The molecule has 1 aromatic rings. The Morgan fingerprint density at radius 2 is 2.00 bits per heavy atom. The van der Waals surface area contributed by atoms with Crippen molar-refractivity contribution < 1.29 is 19.1 Å². The standard InChI is InChI=1S/C19H28N2O4/c1-5-24-16-11-7-6-10-15(16)20-17(22)14-9-8-12-21(13-14)18(23)25-19(2,3)4/h6-7,10-11,14H,5,8-9,12-13H2,1-4H3,(H,20,22)/t14-/m1/s1. The van der Waals surface area contributed by atoms with Crippen LogP contribution in [0.1, 0.15) is 40.5 Å². The molecule has 1 aromatic carbocycles. The van der Waals surface area contributed by atoms with Crippen LogP contribution in [0.15, 0.2) is 24.3 Å². The van der Waals surface area contributed by atoms with E-state index in [2.05, 4.69) is 5.32 Å². The van der Waals surface area contributed by atoms with Gasteiger partial charge in [-0.05, 0) is 52.7 Å². The summed E-state index contributed by atoms with van der Waals surface area (Å²) in [5.74, 6) is 0.300. The highest BCUT2D eigenvalue weighted by atomic mass is 16.6. The molecule has 0 unspecified atom stereocenters. The molecular weight excluding hydrogens is 320 g/mol. The quantitative estimate of drug-likeness (QED) is 0.901. The van der Waals surface area contributed by atoms with Gasteiger partial charge in [-0.1, -0.05) is 12.1 Å². The van der Waals surface area contributed by atoms with Crippen LogP contribution < -0.4 is 10.1 Å². The van der Waals surface area contributed by atoms with Gasteiger partial charge in [0.25, 0.3) is 0 Å². The van der Waals surface area contributed by atoms with E-state index in [-0.39, 0.29) is 17.9 Å². The normalized spacial score (nSPS) is 17.8. The van der Waals surface area contributed by atoms with Gasteiger partial charge in [0.1, 0.15) is 11.4 Å². The third-order valence-corrected chi connectivity index (χ3v) is 3.89. The Kier molecular flexibility index (Phi) is 6.28. The zero-order valence-corrected chi connectivity index (χ0v) is 15.5. The number of nitrogens with one attached hydrogen (secondary N) is 1. The Labute approximate surface area is 149 Å². The summed E-state index contributed by atoms with van der Waals surface area (Å²) in [5.41, 5.74) is 0.117. The van der Waals surface area contributed by atoms with Gasteiger partial charge in [0.2, 0.25) is 5.91 Å². The van der Waals surface area contributed by atoms with Crippen LogP contribution in [0.25, 0.3) is 0 Å². The molecule has 0 aromatic heterocycles. The van der Waals surface area contributed by atoms with Crippen molar-refractivity contribution in [3.63, 3.8) is 0 Å². The summed E-state index contributed by atoms with van der Waals surface area (Å²) in [7, 11) is 0. The number of ether oxygens (including phenoxy) is 2. The van der Waals surface area contributed by atoms with Gasteiger partial charge in [-0.2, -0.15) is 0 Å². The molecule has 138 valence electrons. The molecule has 0 bridgehead atoms. The molecular formula is C19H28N2O4. The summed E-state index contributed by atoms with van der Waals surface area (Å²) in [6.45, 7) is 8.93. The molecule has 25 heavy (non-hydrogen) atoms. The monoisotopic (exact) mass is 348 g/mol. The summed E-state index contributed by atoms with van der Waals surface area (Å²) in [5, 5.41) is 2.93. The number of rotatable bonds is 4. The maximum absolute atomic E-state index is 12.6. The van der Waals surface area contributed by atoms with Crippen molar-refractivity contribution in [3.8, 4) is 5.75 Å². The highest BCUT2D eigenvalue weighted by Gasteiger charge is 2.31. The molecule has 6 nitrogen and oxygen atoms in total. The lowest BCUT2D eigenvalue weighted by atomic mass is 9.97. The third-order valence-electron chi connectivity index (χ3n) is 3.89. The lowest BCUT2D eigenvalue weighted by Gasteiger charge is -2.33. The largest absolute Gasteiger partial charge is 0.492 e. The summed E-state index contributed by atoms with van der Waals surface area (Å²) in [6, 6.07) is 7.36. The molecule has 1 saturated heterocycles. The maximum Gasteiger partial charge on any atom is 0.410 e. The zero-order chi connectivity index (χ0) is 18.4. The van der Waals surface area contributed by atoms with Gasteiger partial charge in [0.05, 0.1) is 18.2 Å². The van der Waals surface area contributed by atoms with Crippen LogP contribution >= 0.6 is 0 Å². The van der Waals surface area contributed by atoms with Gasteiger partial charge < -0.3 is 19.7 Å². The van der Waals surface area contributed by atoms with Crippen molar-refractivity contribution >= 4 is 17.7 Å². The highest BCUT2D eigenvalue weighted by molar-refractivity contribution is 5.94. The first-order chi connectivity index (χ1) is 11.8. The number of likely N-dealkylation sites (tertiary alicyclic amines) is 1. The third kappa shape index (κ3) is 5.66. The summed E-state index contributed by atoms with van der Waals surface area (Å²) in [6.07, 6.45) is 1.17. The molecule has 0 spiro atoms. The number of anilines is 1. The second-order valence-corrected chi connectivity index (χ2v) is 7.18. The van der Waals surface area contributed by atoms with Gasteiger partial charge in [-0.3, -0.25) is 4.79 Å². The predicted molar refractivity (Wildman–Crippen MR) is 96.8 cm³/mol. The number of para-hydroxylation sites is 2. The number of piperidine rings is 1. The van der Waals surface area contributed by atoms with E-state index in [0.29, 0.717) is 31.1 Å². The molecule has 2 rings (SSSR count). The molecule has 1 atom stereocenters.